The van der Waals surface area contributed by atoms with Gasteiger partial charge in [-0.15, -0.1) is 0 Å². The van der Waals surface area contributed by atoms with Crippen LogP contribution in [0.1, 0.15) is 19.8 Å². The monoisotopic (exact) mass is 392 g/mol. The van der Waals surface area contributed by atoms with Gasteiger partial charge in [0.15, 0.2) is 0 Å². The van der Waals surface area contributed by atoms with E-state index in [2.05, 4.69) is 75.9 Å². The number of hydrogen-bond acceptors (Lipinski definition) is 0. The summed E-state index contributed by atoms with van der Waals surface area (Å²) < 4.78 is 0.352. The Bertz CT molecular complexity index is 510. The molecule has 3 rings (SSSR count). The van der Waals surface area contributed by atoms with Crippen molar-refractivity contribution in [2.75, 3.05) is 0 Å². The maximum absolute atomic E-state index is 2.49. The second-order valence-electron chi connectivity index (χ2n) is 5.67. The van der Waals surface area contributed by atoms with E-state index in [1.807, 2.05) is 0 Å². The topological polar surface area (TPSA) is 0 Å². The first kappa shape index (κ1) is 21.5. The zero-order valence-corrected chi connectivity index (χ0v) is 16.9. The fourth-order valence-corrected chi connectivity index (χ4v) is 11.8. The SMILES string of the molecule is CC1=CC=C[C]1([Ti+3])[Si]1(c2ccccc2)CCCC1.[Cl-].[Cl-].[Cl-]. The normalized spacial score (nSPS) is 25.4. The maximum atomic E-state index is 2.49. The van der Waals surface area contributed by atoms with Crippen LogP contribution in [-0.2, 0) is 20.4 Å². The van der Waals surface area contributed by atoms with Crippen LogP contribution in [0, 0.1) is 0 Å². The van der Waals surface area contributed by atoms with Crippen LogP contribution in [0.25, 0.3) is 0 Å². The fourth-order valence-electron chi connectivity index (χ4n) is 3.78. The number of halogens is 3. The van der Waals surface area contributed by atoms with E-state index in [1.165, 1.54) is 24.9 Å². The van der Waals surface area contributed by atoms with Crippen LogP contribution >= 0.6 is 0 Å². The molecule has 0 bridgehead atoms. The van der Waals surface area contributed by atoms with Gasteiger partial charge in [0.1, 0.15) is 0 Å². The maximum Gasteiger partial charge on any atom is -1.00 e. The zero-order valence-electron chi connectivity index (χ0n) is 12.1. The number of rotatable bonds is 2. The van der Waals surface area contributed by atoms with Crippen molar-refractivity contribution in [1.29, 1.82) is 0 Å². The minimum Gasteiger partial charge on any atom is -1.00 e. The first-order chi connectivity index (χ1) is 8.69. The molecule has 0 radical (unpaired) electrons. The predicted molar refractivity (Wildman–Crippen MR) is 76.3 cm³/mol. The van der Waals surface area contributed by atoms with Crippen LogP contribution in [0.2, 0.25) is 15.4 Å². The molecule has 1 aliphatic heterocycles. The average Bonchev–Trinajstić information content (AvgIpc) is 3.01. The third kappa shape index (κ3) is 3.39. The average molecular weight is 394 g/mol. The van der Waals surface area contributed by atoms with Gasteiger partial charge in [-0.25, -0.2) is 0 Å². The standard InChI is InChI=1S/C16H19Si.3ClH.Ti/c1-14-8-7-11-16(14)17(12-5-6-13-17)15-9-3-2-4-10-15;;;;/h2-4,7-11H,5-6,12-13H2,1H3;3*1H;/q;;;;+3/p-3. The minimum atomic E-state index is -1.42. The molecule has 1 fully saturated rings. The number of allylic oxidation sites excluding steroid dienone is 4. The van der Waals surface area contributed by atoms with Crippen LogP contribution in [-0.4, -0.2) is 8.07 Å². The molecule has 0 amide bonds. The molecular weight excluding hydrogens is 374 g/mol. The summed E-state index contributed by atoms with van der Waals surface area (Å²) in [5, 5.41) is 1.67. The molecule has 0 nitrogen and oxygen atoms in total. The van der Waals surface area contributed by atoms with Gasteiger partial charge in [0.2, 0.25) is 0 Å². The van der Waals surface area contributed by atoms with Crippen LogP contribution in [0.4, 0.5) is 0 Å². The summed E-state index contributed by atoms with van der Waals surface area (Å²) in [5.41, 5.74) is 1.58. The van der Waals surface area contributed by atoms with Gasteiger partial charge < -0.3 is 37.2 Å². The van der Waals surface area contributed by atoms with E-state index in [1.54, 1.807) is 10.8 Å². The van der Waals surface area contributed by atoms with Crippen molar-refractivity contribution in [3.8, 4) is 0 Å². The van der Waals surface area contributed by atoms with Gasteiger partial charge in [-0.3, -0.25) is 0 Å². The Morgan fingerprint density at radius 3 is 2.05 bits per heavy atom. The molecule has 21 heavy (non-hydrogen) atoms. The van der Waals surface area contributed by atoms with E-state index in [9.17, 15) is 0 Å². The first-order valence-corrected chi connectivity index (χ1v) is 10.1. The molecule has 1 heterocycles. The van der Waals surface area contributed by atoms with Gasteiger partial charge in [-0.05, 0) is 0 Å². The summed E-state index contributed by atoms with van der Waals surface area (Å²) in [6, 6.07) is 14.3. The number of hydrogen-bond donors (Lipinski definition) is 0. The van der Waals surface area contributed by atoms with Crippen LogP contribution in [0.5, 0.6) is 0 Å². The van der Waals surface area contributed by atoms with Crippen molar-refractivity contribution in [3.63, 3.8) is 0 Å². The number of benzene rings is 1. The Balaban J connectivity index is 0.00000133. The molecule has 0 N–H and O–H groups in total. The smallest absolute Gasteiger partial charge is 1.00 e. The van der Waals surface area contributed by atoms with Crippen molar-refractivity contribution in [2.24, 2.45) is 0 Å². The Kier molecular flexibility index (Phi) is 8.58. The Morgan fingerprint density at radius 2 is 1.57 bits per heavy atom. The third-order valence-electron chi connectivity index (χ3n) is 4.85. The van der Waals surface area contributed by atoms with E-state index >= 15 is 0 Å². The Morgan fingerprint density at radius 1 is 1.00 bits per heavy atom. The van der Waals surface area contributed by atoms with E-state index in [-0.39, 0.29) is 37.2 Å². The molecule has 1 saturated heterocycles. The zero-order chi connectivity index (χ0) is 12.6. The molecule has 0 saturated carbocycles. The van der Waals surface area contributed by atoms with Crippen LogP contribution < -0.4 is 42.4 Å². The largest absolute Gasteiger partial charge is 1.00 e. The third-order valence-corrected chi connectivity index (χ3v) is 13.9. The molecule has 1 atom stereocenters. The van der Waals surface area contributed by atoms with Crippen molar-refractivity contribution in [1.82, 2.24) is 0 Å². The van der Waals surface area contributed by atoms with Crippen molar-refractivity contribution < 1.29 is 57.7 Å². The van der Waals surface area contributed by atoms with Gasteiger partial charge in [0.25, 0.3) is 0 Å². The molecule has 1 unspecified atom stereocenters. The van der Waals surface area contributed by atoms with E-state index in [4.69, 9.17) is 0 Å². The Hall–Kier alpha value is 0.501. The van der Waals surface area contributed by atoms with E-state index in [0.717, 1.165) is 0 Å². The fraction of sp³-hybridized carbons (Fsp3) is 0.375. The first-order valence-electron chi connectivity index (χ1n) is 6.86. The van der Waals surface area contributed by atoms with E-state index in [0.29, 0.717) is 3.34 Å². The molecule has 0 aromatic heterocycles. The van der Waals surface area contributed by atoms with Gasteiger partial charge >= 0.3 is 123 Å². The molecule has 2 aliphatic rings. The van der Waals surface area contributed by atoms with Gasteiger partial charge in [0.05, 0.1) is 0 Å². The second-order valence-corrected chi connectivity index (χ2v) is 12.2. The van der Waals surface area contributed by atoms with Crippen LogP contribution in [0.3, 0.4) is 0 Å². The van der Waals surface area contributed by atoms with Crippen molar-refractivity contribution >= 4 is 13.3 Å². The summed E-state index contributed by atoms with van der Waals surface area (Å²) >= 11 is 2.49. The summed E-state index contributed by atoms with van der Waals surface area (Å²) in [6.45, 7) is 2.33. The summed E-state index contributed by atoms with van der Waals surface area (Å²) in [6.07, 6.45) is 9.96. The van der Waals surface area contributed by atoms with Gasteiger partial charge in [0, 0.05) is 0 Å². The second kappa shape index (κ2) is 8.38. The Labute approximate surface area is 159 Å². The summed E-state index contributed by atoms with van der Waals surface area (Å²) in [7, 11) is -1.42. The van der Waals surface area contributed by atoms with Gasteiger partial charge in [-0.1, -0.05) is 0 Å². The molecule has 1 aliphatic carbocycles. The van der Waals surface area contributed by atoms with Crippen molar-refractivity contribution in [3.05, 3.63) is 54.1 Å². The molecular formula is C16H19Cl3SiTi. The van der Waals surface area contributed by atoms with Crippen molar-refractivity contribution in [2.45, 2.75) is 35.2 Å². The molecule has 1 aromatic carbocycles. The quantitative estimate of drug-likeness (QED) is 0.441. The molecule has 5 heteroatoms. The molecule has 112 valence electrons. The summed E-state index contributed by atoms with van der Waals surface area (Å²) in [5.74, 6) is 0. The predicted octanol–water partition coefficient (Wildman–Crippen LogP) is -5.09. The van der Waals surface area contributed by atoms with Crippen LogP contribution in [0.15, 0.2) is 54.1 Å². The molecule has 0 spiro atoms. The molecule has 1 aromatic rings. The van der Waals surface area contributed by atoms with E-state index < -0.39 is 8.07 Å². The minimum absolute atomic E-state index is 0. The van der Waals surface area contributed by atoms with Gasteiger partial charge in [-0.2, -0.15) is 0 Å². The summed E-state index contributed by atoms with van der Waals surface area (Å²) in [4.78, 5) is 0.